The van der Waals surface area contributed by atoms with Gasteiger partial charge in [-0.25, -0.2) is 8.42 Å². The number of benzene rings is 3. The van der Waals surface area contributed by atoms with Crippen molar-refractivity contribution in [2.24, 2.45) is 0 Å². The molecule has 3 aromatic carbocycles. The van der Waals surface area contributed by atoms with Gasteiger partial charge in [-0.05, 0) is 75.4 Å². The van der Waals surface area contributed by atoms with E-state index in [1.807, 2.05) is 71.9 Å². The van der Waals surface area contributed by atoms with Gasteiger partial charge >= 0.3 is 0 Å². The minimum Gasteiger partial charge on any atom is -0.352 e. The molecule has 7 nitrogen and oxygen atoms in total. The Morgan fingerprint density at radius 3 is 2.17 bits per heavy atom. The molecule has 0 saturated heterocycles. The van der Waals surface area contributed by atoms with E-state index in [1.54, 1.807) is 30.3 Å². The van der Waals surface area contributed by atoms with E-state index in [-0.39, 0.29) is 23.4 Å². The zero-order chi connectivity index (χ0) is 29.4. The molecular weight excluding hydrogens is 522 g/mol. The molecule has 8 heteroatoms. The van der Waals surface area contributed by atoms with Gasteiger partial charge < -0.3 is 10.2 Å². The maximum Gasteiger partial charge on any atom is 0.264 e. The monoisotopic (exact) mass is 563 g/mol. The second kappa shape index (κ2) is 13.6. The molecule has 2 amide bonds. The number of hydrogen-bond acceptors (Lipinski definition) is 4. The zero-order valence-electron chi connectivity index (χ0n) is 24.3. The lowest BCUT2D eigenvalue weighted by Gasteiger charge is -2.34. The lowest BCUT2D eigenvalue weighted by molar-refractivity contribution is -0.140. The highest BCUT2D eigenvalue weighted by Gasteiger charge is 2.34. The van der Waals surface area contributed by atoms with Gasteiger partial charge in [0, 0.05) is 12.6 Å². The lowest BCUT2D eigenvalue weighted by Crippen LogP contribution is -2.53. The zero-order valence-corrected chi connectivity index (χ0v) is 25.2. The quantitative estimate of drug-likeness (QED) is 0.314. The minimum absolute atomic E-state index is 0.0534. The highest BCUT2D eigenvalue weighted by atomic mass is 32.2. The van der Waals surface area contributed by atoms with Crippen molar-refractivity contribution in [3.8, 4) is 0 Å². The molecule has 0 bridgehead atoms. The van der Waals surface area contributed by atoms with Crippen molar-refractivity contribution >= 4 is 27.5 Å². The molecule has 0 spiro atoms. The molecule has 0 aliphatic carbocycles. The molecule has 0 radical (unpaired) electrons. The number of carbonyl (C=O) groups is 2. The number of nitrogens with one attached hydrogen (secondary N) is 1. The fourth-order valence-corrected chi connectivity index (χ4v) is 6.10. The number of anilines is 1. The third-order valence-corrected chi connectivity index (χ3v) is 9.05. The predicted molar refractivity (Wildman–Crippen MR) is 161 cm³/mol. The molecule has 0 aromatic heterocycles. The average molecular weight is 564 g/mol. The van der Waals surface area contributed by atoms with Crippen molar-refractivity contribution in [2.75, 3.05) is 10.8 Å². The first kappa shape index (κ1) is 30.9. The number of nitrogens with zero attached hydrogens (tertiary/aromatic N) is 2. The summed E-state index contributed by atoms with van der Waals surface area (Å²) in [5.74, 6) is -0.699. The molecule has 40 heavy (non-hydrogen) atoms. The SMILES string of the molecule is CC[C@H](C)NC(=O)[C@H](CC)N(Cc1cccc(C)c1)C(=O)CN(c1cccc(C)c1C)S(=O)(=O)c1ccccc1. The highest BCUT2D eigenvalue weighted by Crippen LogP contribution is 2.29. The van der Waals surface area contributed by atoms with E-state index in [9.17, 15) is 18.0 Å². The summed E-state index contributed by atoms with van der Waals surface area (Å²) in [5.41, 5.74) is 4.01. The first-order valence-electron chi connectivity index (χ1n) is 13.8. The van der Waals surface area contributed by atoms with Gasteiger partial charge in [0.2, 0.25) is 11.8 Å². The number of carbonyl (C=O) groups excluding carboxylic acids is 2. The normalized spacial score (nSPS) is 12.8. The van der Waals surface area contributed by atoms with Crippen molar-refractivity contribution in [1.82, 2.24) is 10.2 Å². The third-order valence-electron chi connectivity index (χ3n) is 7.28. The predicted octanol–water partition coefficient (Wildman–Crippen LogP) is 5.53. The Morgan fingerprint density at radius 1 is 0.875 bits per heavy atom. The van der Waals surface area contributed by atoms with Crippen molar-refractivity contribution in [2.45, 2.75) is 77.9 Å². The van der Waals surface area contributed by atoms with Crippen LogP contribution < -0.4 is 9.62 Å². The maximum absolute atomic E-state index is 14.2. The van der Waals surface area contributed by atoms with Crippen LogP contribution in [-0.2, 0) is 26.2 Å². The third kappa shape index (κ3) is 7.30. The molecule has 0 saturated carbocycles. The molecule has 2 atom stereocenters. The van der Waals surface area contributed by atoms with E-state index >= 15 is 0 Å². The van der Waals surface area contributed by atoms with Gasteiger partial charge in [-0.15, -0.1) is 0 Å². The van der Waals surface area contributed by atoms with E-state index in [1.165, 1.54) is 21.3 Å². The number of rotatable bonds is 12. The van der Waals surface area contributed by atoms with Crippen molar-refractivity contribution in [3.63, 3.8) is 0 Å². The smallest absolute Gasteiger partial charge is 0.264 e. The molecular formula is C32H41N3O4S. The Morgan fingerprint density at radius 2 is 1.55 bits per heavy atom. The van der Waals surface area contributed by atoms with Gasteiger partial charge in [-0.3, -0.25) is 13.9 Å². The van der Waals surface area contributed by atoms with E-state index in [4.69, 9.17) is 0 Å². The van der Waals surface area contributed by atoms with Crippen LogP contribution in [0, 0.1) is 20.8 Å². The van der Waals surface area contributed by atoms with Gasteiger partial charge in [0.1, 0.15) is 12.6 Å². The summed E-state index contributed by atoms with van der Waals surface area (Å²) in [6.45, 7) is 11.2. The Bertz CT molecular complexity index is 1420. The van der Waals surface area contributed by atoms with Crippen LogP contribution in [-0.4, -0.2) is 43.8 Å². The van der Waals surface area contributed by atoms with Crippen LogP contribution in [0.5, 0.6) is 0 Å². The molecule has 0 aliphatic heterocycles. The minimum atomic E-state index is -4.09. The first-order valence-corrected chi connectivity index (χ1v) is 15.2. The van der Waals surface area contributed by atoms with Gasteiger partial charge in [0.25, 0.3) is 10.0 Å². The summed E-state index contributed by atoms with van der Waals surface area (Å²) in [5, 5.41) is 3.01. The summed E-state index contributed by atoms with van der Waals surface area (Å²) in [6.07, 6.45) is 1.14. The molecule has 0 fully saturated rings. The van der Waals surface area contributed by atoms with Gasteiger partial charge in [0.15, 0.2) is 0 Å². The molecule has 214 valence electrons. The largest absolute Gasteiger partial charge is 0.352 e. The van der Waals surface area contributed by atoms with E-state index < -0.39 is 28.5 Å². The second-order valence-electron chi connectivity index (χ2n) is 10.3. The summed E-state index contributed by atoms with van der Waals surface area (Å²) in [6, 6.07) is 20.5. The van der Waals surface area contributed by atoms with Crippen LogP contribution in [0.25, 0.3) is 0 Å². The average Bonchev–Trinajstić information content (AvgIpc) is 2.93. The molecule has 0 heterocycles. The Hall–Kier alpha value is -3.65. The number of hydrogen-bond donors (Lipinski definition) is 1. The summed E-state index contributed by atoms with van der Waals surface area (Å²) in [7, 11) is -4.09. The van der Waals surface area contributed by atoms with Crippen LogP contribution in [0.2, 0.25) is 0 Å². The standard InChI is InChI=1S/C32H41N3O4S/c1-7-25(5)33-32(37)29(8-2)34(21-27-16-12-14-23(3)20-27)31(36)22-35(30-19-13-15-24(4)26(30)6)40(38,39)28-17-10-9-11-18-28/h9-20,25,29H,7-8,21-22H2,1-6H3,(H,33,37)/t25-,29-/m0/s1. The lowest BCUT2D eigenvalue weighted by atomic mass is 10.1. The summed E-state index contributed by atoms with van der Waals surface area (Å²) >= 11 is 0. The molecule has 3 aromatic rings. The van der Waals surface area contributed by atoms with Crippen molar-refractivity contribution in [3.05, 3.63) is 95.1 Å². The Kier molecular flexibility index (Phi) is 10.5. The fourth-order valence-electron chi connectivity index (χ4n) is 4.61. The fraction of sp³-hybridized carbons (Fsp3) is 0.375. The van der Waals surface area contributed by atoms with Gasteiger partial charge in [0.05, 0.1) is 10.6 Å². The summed E-state index contributed by atoms with van der Waals surface area (Å²) < 4.78 is 29.2. The maximum atomic E-state index is 14.2. The van der Waals surface area contributed by atoms with Crippen LogP contribution in [0.1, 0.15) is 55.9 Å². The molecule has 3 rings (SSSR count). The van der Waals surface area contributed by atoms with Crippen LogP contribution in [0.4, 0.5) is 5.69 Å². The molecule has 0 aliphatic rings. The van der Waals surface area contributed by atoms with Gasteiger partial charge in [-0.1, -0.05) is 74.0 Å². The summed E-state index contributed by atoms with van der Waals surface area (Å²) in [4.78, 5) is 29.2. The topological polar surface area (TPSA) is 86.8 Å². The number of amides is 2. The van der Waals surface area contributed by atoms with Crippen LogP contribution >= 0.6 is 0 Å². The van der Waals surface area contributed by atoms with Crippen LogP contribution in [0.3, 0.4) is 0 Å². The Labute approximate surface area is 239 Å². The Balaban J connectivity index is 2.09. The number of sulfonamides is 1. The van der Waals surface area contributed by atoms with E-state index in [0.717, 1.165) is 28.7 Å². The van der Waals surface area contributed by atoms with Crippen LogP contribution in [0.15, 0.2) is 77.7 Å². The van der Waals surface area contributed by atoms with E-state index in [0.29, 0.717) is 12.1 Å². The first-order chi connectivity index (χ1) is 19.0. The van der Waals surface area contributed by atoms with Crippen molar-refractivity contribution in [1.29, 1.82) is 0 Å². The van der Waals surface area contributed by atoms with Crippen molar-refractivity contribution < 1.29 is 18.0 Å². The second-order valence-corrected chi connectivity index (χ2v) is 12.2. The number of aryl methyl sites for hydroxylation is 2. The van der Waals surface area contributed by atoms with Gasteiger partial charge in [-0.2, -0.15) is 0 Å². The van der Waals surface area contributed by atoms with E-state index in [2.05, 4.69) is 5.32 Å². The molecule has 0 unspecified atom stereocenters. The molecule has 1 N–H and O–H groups in total. The highest BCUT2D eigenvalue weighted by molar-refractivity contribution is 7.92.